The Hall–Kier alpha value is -3.52. The molecule has 0 radical (unpaired) electrons. The van der Waals surface area contributed by atoms with Crippen LogP contribution in [0.15, 0.2) is 54.2 Å². The summed E-state index contributed by atoms with van der Waals surface area (Å²) in [6.07, 6.45) is 2.34. The van der Waals surface area contributed by atoms with Gasteiger partial charge in [-0.3, -0.25) is 9.59 Å². The van der Waals surface area contributed by atoms with Gasteiger partial charge in [0, 0.05) is 24.7 Å². The van der Waals surface area contributed by atoms with Gasteiger partial charge in [0.05, 0.1) is 38.1 Å². The van der Waals surface area contributed by atoms with E-state index >= 15 is 0 Å². The molecule has 1 aromatic carbocycles. The average Bonchev–Trinajstić information content (AvgIpc) is 3.21. The van der Waals surface area contributed by atoms with Crippen molar-refractivity contribution in [3.8, 4) is 0 Å². The first-order chi connectivity index (χ1) is 15.3. The van der Waals surface area contributed by atoms with E-state index in [1.807, 2.05) is 14.1 Å². The molecular formula is C24H25FN4O3. The number of quaternary nitrogens is 1. The zero-order valence-electron chi connectivity index (χ0n) is 18.3. The third-order valence-corrected chi connectivity index (χ3v) is 5.69. The molecule has 1 N–H and O–H groups in total. The molecule has 7 nitrogen and oxygen atoms in total. The average molecular weight is 436 g/mol. The highest BCUT2D eigenvalue weighted by atomic mass is 19.1. The summed E-state index contributed by atoms with van der Waals surface area (Å²) in [6, 6.07) is 10.1. The predicted molar refractivity (Wildman–Crippen MR) is 115 cm³/mol. The lowest BCUT2D eigenvalue weighted by atomic mass is 9.96. The molecule has 0 aliphatic carbocycles. The van der Waals surface area contributed by atoms with Crippen molar-refractivity contribution in [1.82, 2.24) is 14.3 Å². The van der Waals surface area contributed by atoms with Crippen LogP contribution in [0.5, 0.6) is 0 Å². The molecule has 1 amide bonds. The second-order valence-electron chi connectivity index (χ2n) is 8.31. The number of hydrogen-bond donors (Lipinski definition) is 1. The van der Waals surface area contributed by atoms with Gasteiger partial charge in [0.25, 0.3) is 5.91 Å². The molecule has 0 spiro atoms. The van der Waals surface area contributed by atoms with E-state index in [1.165, 1.54) is 28.0 Å². The Bertz CT molecular complexity index is 1230. The number of Topliss-reactive ketones (excluding diaryl/α,β-unsaturated/α-hetero) is 1. The van der Waals surface area contributed by atoms with Crippen LogP contribution < -0.4 is 10.0 Å². The molecule has 1 aliphatic heterocycles. The Kier molecular flexibility index (Phi) is 5.80. The maximum absolute atomic E-state index is 14.1. The second-order valence-corrected chi connectivity index (χ2v) is 8.31. The van der Waals surface area contributed by atoms with Gasteiger partial charge in [-0.2, -0.15) is 0 Å². The second kappa shape index (κ2) is 8.55. The molecular weight excluding hydrogens is 411 g/mol. The van der Waals surface area contributed by atoms with Gasteiger partial charge in [-0.25, -0.2) is 9.37 Å². The number of imidazole rings is 1. The fourth-order valence-electron chi connectivity index (χ4n) is 4.24. The first-order valence-corrected chi connectivity index (χ1v) is 10.5. The van der Waals surface area contributed by atoms with Crippen LogP contribution in [0.4, 0.5) is 4.39 Å². The minimum Gasteiger partial charge on any atom is -0.871 e. The van der Waals surface area contributed by atoms with E-state index in [0.29, 0.717) is 29.9 Å². The zero-order valence-corrected chi connectivity index (χ0v) is 18.3. The van der Waals surface area contributed by atoms with Gasteiger partial charge in [0.2, 0.25) is 5.78 Å². The molecule has 1 aliphatic rings. The molecule has 166 valence electrons. The van der Waals surface area contributed by atoms with Gasteiger partial charge in [0.1, 0.15) is 11.5 Å². The first kappa shape index (κ1) is 21.7. The summed E-state index contributed by atoms with van der Waals surface area (Å²) in [5, 5.41) is 13.7. The normalized spacial score (nSPS) is 18.3. The molecule has 2 aromatic heterocycles. The van der Waals surface area contributed by atoms with E-state index < -0.39 is 29.3 Å². The fraction of sp³-hybridized carbons (Fsp3) is 0.292. The van der Waals surface area contributed by atoms with Crippen LogP contribution in [-0.2, 0) is 9.59 Å². The molecule has 32 heavy (non-hydrogen) atoms. The maximum atomic E-state index is 14.1. The van der Waals surface area contributed by atoms with E-state index in [9.17, 15) is 19.1 Å². The smallest absolute Gasteiger partial charge is 0.295 e. The molecule has 0 saturated carbocycles. The van der Waals surface area contributed by atoms with Crippen LogP contribution >= 0.6 is 0 Å². The van der Waals surface area contributed by atoms with Crippen LogP contribution in [-0.4, -0.2) is 53.2 Å². The third kappa shape index (κ3) is 3.78. The summed E-state index contributed by atoms with van der Waals surface area (Å²) in [6.45, 7) is 2.76. The number of nitrogens with zero attached hydrogens (tertiary/aromatic N) is 3. The topological polar surface area (TPSA) is 82.2 Å². The number of aryl methyl sites for hydroxylation is 1. The van der Waals surface area contributed by atoms with Gasteiger partial charge in [-0.1, -0.05) is 24.0 Å². The minimum atomic E-state index is -0.941. The number of fused-ring (bicyclic) bond motifs is 1. The van der Waals surface area contributed by atoms with Gasteiger partial charge < -0.3 is 19.3 Å². The molecule has 1 atom stereocenters. The number of likely N-dealkylation sites (tertiary alicyclic amines) is 1. The van der Waals surface area contributed by atoms with Crippen LogP contribution in [0.3, 0.4) is 0 Å². The molecule has 1 fully saturated rings. The van der Waals surface area contributed by atoms with Gasteiger partial charge in [-0.05, 0) is 36.8 Å². The van der Waals surface area contributed by atoms with E-state index in [2.05, 4.69) is 4.98 Å². The number of ketones is 1. The lowest BCUT2D eigenvalue weighted by molar-refractivity contribution is -0.858. The number of aromatic nitrogens is 2. The lowest BCUT2D eigenvalue weighted by Gasteiger charge is -2.27. The summed E-state index contributed by atoms with van der Waals surface area (Å²) < 4.78 is 15.7. The predicted octanol–water partition coefficient (Wildman–Crippen LogP) is 0.540. The van der Waals surface area contributed by atoms with Crippen molar-refractivity contribution < 1.29 is 24.0 Å². The number of carbonyl (C=O) groups is 2. The summed E-state index contributed by atoms with van der Waals surface area (Å²) in [5.74, 6) is -2.63. The van der Waals surface area contributed by atoms with Gasteiger partial charge >= 0.3 is 0 Å². The van der Waals surface area contributed by atoms with Crippen molar-refractivity contribution in [3.63, 3.8) is 0 Å². The van der Waals surface area contributed by atoms with Crippen LogP contribution in [0.1, 0.15) is 29.4 Å². The number of pyridine rings is 1. The van der Waals surface area contributed by atoms with Crippen LogP contribution in [0, 0.1) is 12.7 Å². The maximum Gasteiger partial charge on any atom is 0.295 e. The first-order valence-electron chi connectivity index (χ1n) is 10.5. The summed E-state index contributed by atoms with van der Waals surface area (Å²) in [4.78, 5) is 33.1. The van der Waals surface area contributed by atoms with Crippen molar-refractivity contribution in [2.24, 2.45) is 0 Å². The molecule has 3 aromatic rings. The fourth-order valence-corrected chi connectivity index (χ4v) is 4.24. The number of rotatable bonds is 6. The molecule has 3 heterocycles. The highest BCUT2D eigenvalue weighted by Gasteiger charge is 2.44. The summed E-state index contributed by atoms with van der Waals surface area (Å²) in [7, 11) is 3.99. The van der Waals surface area contributed by atoms with Crippen molar-refractivity contribution >= 4 is 23.1 Å². The highest BCUT2D eigenvalue weighted by molar-refractivity contribution is 6.46. The quantitative estimate of drug-likeness (QED) is 0.347. The standard InChI is InChI=1S/C24H25FN4O3/c1-15-20(28-12-5-4-10-18(28)26-15)22(30)19-21(16-8-6-9-17(25)14-16)29(24(32)23(19)31)13-7-11-27(2)3/h4-6,8-10,12,14,21,30H,7,11,13H2,1-3H3/b22-19+. The van der Waals surface area contributed by atoms with E-state index in [0.717, 1.165) is 6.54 Å². The van der Waals surface area contributed by atoms with E-state index in [1.54, 1.807) is 41.8 Å². The number of amides is 1. The van der Waals surface area contributed by atoms with Crippen molar-refractivity contribution in [1.29, 1.82) is 0 Å². The largest absolute Gasteiger partial charge is 0.871 e. The number of hydrogen-bond acceptors (Lipinski definition) is 4. The van der Waals surface area contributed by atoms with Gasteiger partial charge in [0.15, 0.2) is 0 Å². The van der Waals surface area contributed by atoms with E-state index in [-0.39, 0.29) is 11.3 Å². The number of benzene rings is 1. The number of nitrogens with one attached hydrogen (secondary N) is 1. The molecule has 4 rings (SSSR count). The summed E-state index contributed by atoms with van der Waals surface area (Å²) in [5.41, 5.74) is 1.50. The zero-order chi connectivity index (χ0) is 23.0. The third-order valence-electron chi connectivity index (χ3n) is 5.69. The SMILES string of the molecule is Cc1nc2ccccn2c1/C([O-])=C1\C(=O)C(=O)N(CCC[NH+](C)C)C1c1cccc(F)c1. The molecule has 0 bridgehead atoms. The van der Waals surface area contributed by atoms with E-state index in [4.69, 9.17) is 0 Å². The van der Waals surface area contributed by atoms with Crippen molar-refractivity contribution in [2.45, 2.75) is 19.4 Å². The number of carbonyl (C=O) groups excluding carboxylic acids is 2. The Morgan fingerprint density at radius 3 is 2.69 bits per heavy atom. The Morgan fingerprint density at radius 1 is 1.19 bits per heavy atom. The van der Waals surface area contributed by atoms with Crippen LogP contribution in [0.2, 0.25) is 0 Å². The Morgan fingerprint density at radius 2 is 1.97 bits per heavy atom. The monoisotopic (exact) mass is 436 g/mol. The minimum absolute atomic E-state index is 0.161. The highest BCUT2D eigenvalue weighted by Crippen LogP contribution is 2.39. The molecule has 1 unspecified atom stereocenters. The molecule has 1 saturated heterocycles. The number of halogens is 1. The molecule has 8 heteroatoms. The van der Waals surface area contributed by atoms with Crippen molar-refractivity contribution in [2.75, 3.05) is 27.2 Å². The van der Waals surface area contributed by atoms with Crippen molar-refractivity contribution in [3.05, 3.63) is 77.0 Å². The van der Waals surface area contributed by atoms with Gasteiger partial charge in [-0.15, -0.1) is 0 Å². The van der Waals surface area contributed by atoms with Crippen LogP contribution in [0.25, 0.3) is 11.4 Å². The summed E-state index contributed by atoms with van der Waals surface area (Å²) >= 11 is 0. The lowest BCUT2D eigenvalue weighted by Crippen LogP contribution is -3.05. The Labute approximate surface area is 185 Å². The Balaban J connectivity index is 1.89.